The highest BCUT2D eigenvalue weighted by Crippen LogP contribution is 2.22. The van der Waals surface area contributed by atoms with E-state index in [1.807, 2.05) is 0 Å². The number of carbonyl (C=O) groups excluding carboxylic acids is 3. The van der Waals surface area contributed by atoms with Gasteiger partial charge in [-0.3, -0.25) is 14.5 Å². The van der Waals surface area contributed by atoms with Crippen LogP contribution >= 0.6 is 12.6 Å². The Bertz CT molecular complexity index is 604. The summed E-state index contributed by atoms with van der Waals surface area (Å²) < 4.78 is 5.18. The first-order valence-corrected chi connectivity index (χ1v) is 7.92. The lowest BCUT2D eigenvalue weighted by atomic mass is 10.1. The standard InChI is InChI=1S/C16H20N2O4S/c1-16(2,3)22-15(21)17-10(9-23)8-18-13(19)11-6-4-5-7-12(11)14(18)20/h4-7,10,23H,8-9H2,1-3H3,(H,17,21)/t10-/m1/s1. The van der Waals surface area contributed by atoms with Gasteiger partial charge in [0.25, 0.3) is 11.8 Å². The van der Waals surface area contributed by atoms with Gasteiger partial charge in [0, 0.05) is 5.75 Å². The van der Waals surface area contributed by atoms with E-state index in [1.165, 1.54) is 0 Å². The number of ether oxygens (including phenoxy) is 1. The van der Waals surface area contributed by atoms with Gasteiger partial charge in [-0.25, -0.2) is 4.79 Å². The predicted molar refractivity (Wildman–Crippen MR) is 88.8 cm³/mol. The topological polar surface area (TPSA) is 75.7 Å². The molecule has 1 aliphatic rings. The van der Waals surface area contributed by atoms with Crippen LogP contribution in [0.2, 0.25) is 0 Å². The van der Waals surface area contributed by atoms with E-state index in [-0.39, 0.29) is 24.1 Å². The van der Waals surface area contributed by atoms with E-state index >= 15 is 0 Å². The maximum absolute atomic E-state index is 12.3. The molecule has 1 N–H and O–H groups in total. The summed E-state index contributed by atoms with van der Waals surface area (Å²) in [7, 11) is 0. The second-order valence-electron chi connectivity index (χ2n) is 6.29. The lowest BCUT2D eigenvalue weighted by Gasteiger charge is -2.25. The molecule has 0 aromatic heterocycles. The van der Waals surface area contributed by atoms with Crippen LogP contribution < -0.4 is 5.32 Å². The van der Waals surface area contributed by atoms with Crippen LogP contribution in [0, 0.1) is 0 Å². The van der Waals surface area contributed by atoms with Crippen molar-refractivity contribution in [2.45, 2.75) is 32.4 Å². The third kappa shape index (κ3) is 4.04. The average Bonchev–Trinajstić information content (AvgIpc) is 2.70. The molecule has 23 heavy (non-hydrogen) atoms. The van der Waals surface area contributed by atoms with Gasteiger partial charge < -0.3 is 10.1 Å². The first-order valence-electron chi connectivity index (χ1n) is 7.28. The van der Waals surface area contributed by atoms with Crippen LogP contribution in [0.25, 0.3) is 0 Å². The van der Waals surface area contributed by atoms with E-state index in [1.54, 1.807) is 45.0 Å². The van der Waals surface area contributed by atoms with Crippen molar-refractivity contribution in [2.24, 2.45) is 0 Å². The van der Waals surface area contributed by atoms with E-state index in [0.717, 1.165) is 4.90 Å². The van der Waals surface area contributed by atoms with Crippen molar-refractivity contribution in [3.05, 3.63) is 35.4 Å². The van der Waals surface area contributed by atoms with Crippen LogP contribution in [0.3, 0.4) is 0 Å². The van der Waals surface area contributed by atoms with E-state index in [4.69, 9.17) is 4.74 Å². The maximum atomic E-state index is 12.3. The van der Waals surface area contributed by atoms with Crippen LogP contribution in [0.1, 0.15) is 41.5 Å². The minimum absolute atomic E-state index is 0.0507. The first kappa shape index (κ1) is 17.3. The summed E-state index contributed by atoms with van der Waals surface area (Å²) >= 11 is 4.18. The lowest BCUT2D eigenvalue weighted by Crippen LogP contribution is -2.48. The van der Waals surface area contributed by atoms with Crippen LogP contribution in [-0.2, 0) is 4.74 Å². The zero-order chi connectivity index (χ0) is 17.2. The van der Waals surface area contributed by atoms with Crippen molar-refractivity contribution in [2.75, 3.05) is 12.3 Å². The molecule has 1 aromatic carbocycles. The molecule has 0 bridgehead atoms. The van der Waals surface area contributed by atoms with Crippen molar-refractivity contribution in [3.8, 4) is 0 Å². The molecule has 0 fully saturated rings. The number of benzene rings is 1. The Kier molecular flexibility index (Phi) is 4.99. The SMILES string of the molecule is CC(C)(C)OC(=O)N[C@@H](CS)CN1C(=O)c2ccccc2C1=O. The first-order chi connectivity index (χ1) is 10.7. The number of amides is 3. The molecule has 1 atom stereocenters. The van der Waals surface area contributed by atoms with Crippen molar-refractivity contribution in [1.29, 1.82) is 0 Å². The fourth-order valence-electron chi connectivity index (χ4n) is 2.25. The number of imide groups is 1. The summed E-state index contributed by atoms with van der Waals surface area (Å²) in [6.07, 6.45) is -0.604. The highest BCUT2D eigenvalue weighted by atomic mass is 32.1. The number of carbonyl (C=O) groups is 3. The van der Waals surface area contributed by atoms with Gasteiger partial charge in [-0.2, -0.15) is 12.6 Å². The number of fused-ring (bicyclic) bond motifs is 1. The molecule has 0 saturated heterocycles. The van der Waals surface area contributed by atoms with E-state index in [0.29, 0.717) is 11.1 Å². The maximum Gasteiger partial charge on any atom is 0.407 e. The number of hydrogen-bond acceptors (Lipinski definition) is 5. The van der Waals surface area contributed by atoms with Gasteiger partial charge in [-0.15, -0.1) is 0 Å². The molecule has 1 aromatic rings. The van der Waals surface area contributed by atoms with Gasteiger partial charge in [0.1, 0.15) is 5.60 Å². The predicted octanol–water partition coefficient (Wildman–Crippen LogP) is 2.11. The summed E-state index contributed by atoms with van der Waals surface area (Å²) in [5, 5.41) is 2.63. The molecular weight excluding hydrogens is 316 g/mol. The van der Waals surface area contributed by atoms with Crippen molar-refractivity contribution in [3.63, 3.8) is 0 Å². The molecule has 3 amide bonds. The Hall–Kier alpha value is -2.02. The fourth-order valence-corrected chi connectivity index (χ4v) is 2.46. The Morgan fingerprint density at radius 1 is 1.22 bits per heavy atom. The zero-order valence-corrected chi connectivity index (χ0v) is 14.2. The third-order valence-electron chi connectivity index (χ3n) is 3.22. The number of nitrogens with one attached hydrogen (secondary N) is 1. The van der Waals surface area contributed by atoms with E-state index < -0.39 is 17.7 Å². The fraction of sp³-hybridized carbons (Fsp3) is 0.438. The van der Waals surface area contributed by atoms with Crippen LogP contribution in [0.15, 0.2) is 24.3 Å². The number of hydrogen-bond donors (Lipinski definition) is 2. The minimum atomic E-state index is -0.624. The molecule has 124 valence electrons. The van der Waals surface area contributed by atoms with Gasteiger partial charge in [-0.1, -0.05) is 12.1 Å². The molecular formula is C16H20N2O4S. The summed E-state index contributed by atoms with van der Waals surface area (Å²) in [6, 6.07) is 6.17. The third-order valence-corrected chi connectivity index (χ3v) is 3.66. The molecule has 0 saturated carbocycles. The average molecular weight is 336 g/mol. The lowest BCUT2D eigenvalue weighted by molar-refractivity contribution is 0.0476. The monoisotopic (exact) mass is 336 g/mol. The van der Waals surface area contributed by atoms with Gasteiger partial charge in [0.05, 0.1) is 23.7 Å². The Morgan fingerprint density at radius 3 is 2.17 bits per heavy atom. The Morgan fingerprint density at radius 2 is 1.74 bits per heavy atom. The molecule has 7 heteroatoms. The molecule has 0 spiro atoms. The van der Waals surface area contributed by atoms with Gasteiger partial charge >= 0.3 is 6.09 Å². The Labute approximate surface area is 140 Å². The zero-order valence-electron chi connectivity index (χ0n) is 13.3. The quantitative estimate of drug-likeness (QED) is 0.652. The van der Waals surface area contributed by atoms with Crippen molar-refractivity contribution < 1.29 is 19.1 Å². The Balaban J connectivity index is 2.05. The molecule has 0 aliphatic carbocycles. The smallest absolute Gasteiger partial charge is 0.407 e. The largest absolute Gasteiger partial charge is 0.444 e. The van der Waals surface area contributed by atoms with Crippen LogP contribution in [0.4, 0.5) is 4.79 Å². The molecule has 2 rings (SSSR count). The van der Waals surface area contributed by atoms with Gasteiger partial charge in [-0.05, 0) is 32.9 Å². The highest BCUT2D eigenvalue weighted by molar-refractivity contribution is 7.80. The number of rotatable bonds is 4. The second-order valence-corrected chi connectivity index (χ2v) is 6.66. The summed E-state index contributed by atoms with van der Waals surface area (Å²) in [5.41, 5.74) is 0.140. The van der Waals surface area contributed by atoms with Crippen LogP contribution in [0.5, 0.6) is 0 Å². The summed E-state index contributed by atoms with van der Waals surface area (Å²) in [5.74, 6) is -0.445. The number of thiol groups is 1. The highest BCUT2D eigenvalue weighted by Gasteiger charge is 2.36. The van der Waals surface area contributed by atoms with Crippen molar-refractivity contribution >= 4 is 30.5 Å². The second kappa shape index (κ2) is 6.62. The van der Waals surface area contributed by atoms with Gasteiger partial charge in [0.15, 0.2) is 0 Å². The van der Waals surface area contributed by atoms with Gasteiger partial charge in [0.2, 0.25) is 0 Å². The van der Waals surface area contributed by atoms with Crippen LogP contribution in [-0.4, -0.2) is 46.7 Å². The summed E-state index contributed by atoms with van der Waals surface area (Å²) in [4.78, 5) is 37.6. The summed E-state index contributed by atoms with van der Waals surface area (Å²) in [6.45, 7) is 5.32. The molecule has 1 heterocycles. The van der Waals surface area contributed by atoms with E-state index in [9.17, 15) is 14.4 Å². The molecule has 0 radical (unpaired) electrons. The molecule has 0 unspecified atom stereocenters. The van der Waals surface area contributed by atoms with E-state index in [2.05, 4.69) is 17.9 Å². The number of alkyl carbamates (subject to hydrolysis) is 1. The van der Waals surface area contributed by atoms with Crippen molar-refractivity contribution in [1.82, 2.24) is 10.2 Å². The molecule has 1 aliphatic heterocycles. The normalized spacial score (nSPS) is 15.4. The number of nitrogens with zero attached hydrogens (tertiary/aromatic N) is 1. The minimum Gasteiger partial charge on any atom is -0.444 e. The molecule has 6 nitrogen and oxygen atoms in total.